The second-order valence-corrected chi connectivity index (χ2v) is 7.42. The van der Waals surface area contributed by atoms with Crippen LogP contribution in [-0.4, -0.2) is 27.3 Å². The number of anilines is 2. The van der Waals surface area contributed by atoms with Gasteiger partial charge in [0.15, 0.2) is 5.65 Å². The van der Waals surface area contributed by atoms with E-state index in [0.717, 1.165) is 28.0 Å². The van der Waals surface area contributed by atoms with E-state index in [1.54, 1.807) is 13.1 Å². The Kier molecular flexibility index (Phi) is 5.55. The van der Waals surface area contributed by atoms with Crippen LogP contribution in [0.4, 0.5) is 11.4 Å². The first kappa shape index (κ1) is 20.5. The molecule has 0 fully saturated rings. The van der Waals surface area contributed by atoms with E-state index in [1.165, 1.54) is 0 Å². The monoisotopic (exact) mass is 434 g/mol. The molecule has 5 rings (SSSR count). The molecule has 1 N–H and O–H groups in total. The molecule has 33 heavy (non-hydrogen) atoms. The number of benzene rings is 3. The molecule has 0 spiro atoms. The summed E-state index contributed by atoms with van der Waals surface area (Å²) >= 11 is 0. The second kappa shape index (κ2) is 8.96. The Balaban J connectivity index is 1.83. The van der Waals surface area contributed by atoms with Gasteiger partial charge in [-0.2, -0.15) is 5.10 Å². The zero-order chi connectivity index (χ0) is 22.6. The molecular weight excluding hydrogens is 412 g/mol. The largest absolute Gasteiger partial charge is 0.462 e. The fraction of sp³-hybridized carbons (Fsp3) is 0.0741. The number of ether oxygens (including phenoxy) is 1. The average Bonchev–Trinajstić information content (AvgIpc) is 3.26. The smallest absolute Gasteiger partial charge is 0.341 e. The predicted molar refractivity (Wildman–Crippen MR) is 130 cm³/mol. The number of para-hydroxylation sites is 2. The first-order valence-corrected chi connectivity index (χ1v) is 10.8. The van der Waals surface area contributed by atoms with Crippen molar-refractivity contribution in [2.45, 2.75) is 6.92 Å². The van der Waals surface area contributed by atoms with Crippen LogP contribution < -0.4 is 5.32 Å². The van der Waals surface area contributed by atoms with Crippen LogP contribution in [0, 0.1) is 0 Å². The van der Waals surface area contributed by atoms with Crippen LogP contribution in [0.1, 0.15) is 17.3 Å². The molecule has 2 aromatic heterocycles. The highest BCUT2D eigenvalue weighted by atomic mass is 16.5. The summed E-state index contributed by atoms with van der Waals surface area (Å²) in [6, 6.07) is 29.5. The van der Waals surface area contributed by atoms with Gasteiger partial charge in [0.25, 0.3) is 0 Å². The Hall–Kier alpha value is -4.45. The fourth-order valence-corrected chi connectivity index (χ4v) is 3.79. The molecule has 2 heterocycles. The third-order valence-electron chi connectivity index (χ3n) is 5.28. The van der Waals surface area contributed by atoms with Crippen molar-refractivity contribution in [3.63, 3.8) is 0 Å². The summed E-state index contributed by atoms with van der Waals surface area (Å²) in [4.78, 5) is 17.6. The lowest BCUT2D eigenvalue weighted by atomic mass is 10.1. The van der Waals surface area contributed by atoms with Crippen molar-refractivity contribution in [3.05, 3.63) is 103 Å². The van der Waals surface area contributed by atoms with Gasteiger partial charge in [-0.3, -0.25) is 0 Å². The minimum atomic E-state index is -0.434. The van der Waals surface area contributed by atoms with E-state index < -0.39 is 5.97 Å². The molecule has 3 aromatic carbocycles. The van der Waals surface area contributed by atoms with E-state index in [-0.39, 0.29) is 6.61 Å². The molecule has 0 saturated carbocycles. The van der Waals surface area contributed by atoms with Crippen molar-refractivity contribution >= 4 is 28.4 Å². The van der Waals surface area contributed by atoms with Crippen molar-refractivity contribution in [1.82, 2.24) is 14.8 Å². The van der Waals surface area contributed by atoms with Crippen molar-refractivity contribution in [2.75, 3.05) is 11.9 Å². The number of carbonyl (C=O) groups is 1. The predicted octanol–water partition coefficient (Wildman–Crippen LogP) is 6.01. The summed E-state index contributed by atoms with van der Waals surface area (Å²) in [6.45, 7) is 2.06. The Labute approximate surface area is 191 Å². The maximum absolute atomic E-state index is 12.9. The normalized spacial score (nSPS) is 10.8. The first-order chi connectivity index (χ1) is 16.3. The third kappa shape index (κ3) is 3.94. The molecular formula is C27H22N4O2. The maximum atomic E-state index is 12.9. The summed E-state index contributed by atoms with van der Waals surface area (Å²) in [6.07, 6.45) is 1.56. The standard InChI is InChI=1S/C27H22N4O2/c1-2-33-27(32)22-18-28-26-23(25(22)29-20-14-8-4-9-15-20)24(19-12-6-3-7-13-19)30-31(26)21-16-10-5-11-17-21/h3-18H,2H2,1H3,(H,28,29). The van der Waals surface area contributed by atoms with Gasteiger partial charge >= 0.3 is 5.97 Å². The van der Waals surface area contributed by atoms with Crippen LogP contribution >= 0.6 is 0 Å². The van der Waals surface area contributed by atoms with Crippen molar-refractivity contribution in [1.29, 1.82) is 0 Å². The number of pyridine rings is 1. The highest BCUT2D eigenvalue weighted by molar-refractivity contribution is 6.10. The number of esters is 1. The van der Waals surface area contributed by atoms with Crippen molar-refractivity contribution in [2.24, 2.45) is 0 Å². The molecule has 6 nitrogen and oxygen atoms in total. The molecule has 0 bridgehead atoms. The number of nitrogens with zero attached hydrogens (tertiary/aromatic N) is 3. The third-order valence-corrected chi connectivity index (χ3v) is 5.28. The van der Waals surface area contributed by atoms with Crippen LogP contribution in [0.2, 0.25) is 0 Å². The summed E-state index contributed by atoms with van der Waals surface area (Å²) in [7, 11) is 0. The van der Waals surface area contributed by atoms with E-state index in [2.05, 4.69) is 10.3 Å². The van der Waals surface area contributed by atoms with E-state index >= 15 is 0 Å². The van der Waals surface area contributed by atoms with Crippen molar-refractivity contribution in [3.8, 4) is 16.9 Å². The van der Waals surface area contributed by atoms with Gasteiger partial charge in [-0.1, -0.05) is 66.7 Å². The van der Waals surface area contributed by atoms with Gasteiger partial charge in [-0.15, -0.1) is 0 Å². The molecule has 0 aliphatic heterocycles. The number of rotatable bonds is 6. The number of hydrogen-bond donors (Lipinski definition) is 1. The Morgan fingerprint density at radius 1 is 0.909 bits per heavy atom. The summed E-state index contributed by atoms with van der Waals surface area (Å²) < 4.78 is 7.15. The van der Waals surface area contributed by atoms with E-state index in [0.29, 0.717) is 16.9 Å². The molecule has 162 valence electrons. The number of carbonyl (C=O) groups excluding carboxylic acids is 1. The van der Waals surface area contributed by atoms with Crippen LogP contribution in [0.5, 0.6) is 0 Å². The Bertz CT molecular complexity index is 1400. The molecule has 6 heteroatoms. The summed E-state index contributed by atoms with van der Waals surface area (Å²) in [5.74, 6) is -0.434. The van der Waals surface area contributed by atoms with E-state index in [1.807, 2.05) is 95.7 Å². The molecule has 0 aliphatic carbocycles. The number of fused-ring (bicyclic) bond motifs is 1. The van der Waals surface area contributed by atoms with Crippen LogP contribution in [0.25, 0.3) is 28.0 Å². The quantitative estimate of drug-likeness (QED) is 0.332. The van der Waals surface area contributed by atoms with Gasteiger partial charge in [0, 0.05) is 17.4 Å². The zero-order valence-corrected chi connectivity index (χ0v) is 18.1. The van der Waals surface area contributed by atoms with Gasteiger partial charge in [0.05, 0.1) is 23.4 Å². The number of aromatic nitrogens is 3. The molecule has 5 aromatic rings. The lowest BCUT2D eigenvalue weighted by Gasteiger charge is -2.13. The van der Waals surface area contributed by atoms with Gasteiger partial charge in [0.1, 0.15) is 11.3 Å². The molecule has 0 unspecified atom stereocenters. The second-order valence-electron chi connectivity index (χ2n) is 7.42. The molecule has 0 atom stereocenters. The van der Waals surface area contributed by atoms with E-state index in [4.69, 9.17) is 9.84 Å². The average molecular weight is 434 g/mol. The van der Waals surface area contributed by atoms with Gasteiger partial charge in [-0.25, -0.2) is 14.5 Å². The van der Waals surface area contributed by atoms with Crippen LogP contribution in [0.3, 0.4) is 0 Å². The van der Waals surface area contributed by atoms with Crippen LogP contribution in [0.15, 0.2) is 97.2 Å². The number of nitrogens with one attached hydrogen (secondary N) is 1. The Morgan fingerprint density at radius 3 is 2.21 bits per heavy atom. The zero-order valence-electron chi connectivity index (χ0n) is 18.1. The van der Waals surface area contributed by atoms with E-state index in [9.17, 15) is 4.79 Å². The highest BCUT2D eigenvalue weighted by Gasteiger charge is 2.24. The van der Waals surface area contributed by atoms with Gasteiger partial charge in [0.2, 0.25) is 0 Å². The van der Waals surface area contributed by atoms with Crippen LogP contribution in [-0.2, 0) is 4.74 Å². The Morgan fingerprint density at radius 2 is 1.55 bits per heavy atom. The first-order valence-electron chi connectivity index (χ1n) is 10.8. The molecule has 0 radical (unpaired) electrons. The molecule has 0 aliphatic rings. The molecule has 0 amide bonds. The maximum Gasteiger partial charge on any atom is 0.341 e. The highest BCUT2D eigenvalue weighted by Crippen LogP contribution is 2.37. The van der Waals surface area contributed by atoms with Gasteiger partial charge < -0.3 is 10.1 Å². The lowest BCUT2D eigenvalue weighted by Crippen LogP contribution is -2.09. The topological polar surface area (TPSA) is 69.0 Å². The minimum absolute atomic E-state index is 0.274. The summed E-state index contributed by atoms with van der Waals surface area (Å²) in [5, 5.41) is 9.13. The minimum Gasteiger partial charge on any atom is -0.462 e. The van der Waals surface area contributed by atoms with Crippen molar-refractivity contribution < 1.29 is 9.53 Å². The SMILES string of the molecule is CCOC(=O)c1cnc2c(c(-c3ccccc3)nn2-c2ccccc2)c1Nc1ccccc1. The lowest BCUT2D eigenvalue weighted by molar-refractivity contribution is 0.0527. The number of hydrogen-bond acceptors (Lipinski definition) is 5. The van der Waals surface area contributed by atoms with Gasteiger partial charge in [-0.05, 0) is 31.2 Å². The molecule has 0 saturated heterocycles. The summed E-state index contributed by atoms with van der Waals surface area (Å²) in [5.41, 5.74) is 5.01. The fourth-order valence-electron chi connectivity index (χ4n) is 3.79.